The predicted molar refractivity (Wildman–Crippen MR) is 78.6 cm³/mol. The highest BCUT2D eigenvalue weighted by molar-refractivity contribution is 6.33. The Morgan fingerprint density at radius 2 is 1.58 bits per heavy atom. The first-order valence-corrected chi connectivity index (χ1v) is 7.05. The monoisotopic (exact) mass is 351 g/mol. The van der Waals surface area contributed by atoms with E-state index in [0.717, 1.165) is 4.90 Å². The Balaban J connectivity index is 1.75. The maximum atomic E-state index is 13.2. The van der Waals surface area contributed by atoms with Crippen molar-refractivity contribution in [2.45, 2.75) is 0 Å². The molecule has 0 atom stereocenters. The summed E-state index contributed by atoms with van der Waals surface area (Å²) in [6.45, 7) is -0.666. The van der Waals surface area contributed by atoms with Gasteiger partial charge in [0.1, 0.15) is 0 Å². The van der Waals surface area contributed by atoms with Gasteiger partial charge in [-0.1, -0.05) is 23.7 Å². The Morgan fingerprint density at radius 3 is 2.17 bits per heavy atom. The van der Waals surface area contributed by atoms with Gasteiger partial charge in [-0.2, -0.15) is 0 Å². The molecule has 122 valence electrons. The predicted octanol–water partition coefficient (Wildman–Crippen LogP) is 3.03. The lowest BCUT2D eigenvalue weighted by Gasteiger charge is -2.14. The van der Waals surface area contributed by atoms with Crippen LogP contribution in [-0.2, 0) is 4.74 Å². The van der Waals surface area contributed by atoms with E-state index in [9.17, 15) is 23.2 Å². The van der Waals surface area contributed by atoms with Crippen molar-refractivity contribution in [3.05, 3.63) is 69.7 Å². The van der Waals surface area contributed by atoms with Gasteiger partial charge in [0.05, 0.1) is 21.7 Å². The molecule has 0 saturated heterocycles. The normalized spacial score (nSPS) is 13.2. The fourth-order valence-corrected chi connectivity index (χ4v) is 2.46. The quantitative estimate of drug-likeness (QED) is 0.484. The van der Waals surface area contributed by atoms with E-state index >= 15 is 0 Å². The van der Waals surface area contributed by atoms with E-state index in [1.54, 1.807) is 12.1 Å². The third-order valence-electron chi connectivity index (χ3n) is 3.43. The van der Waals surface area contributed by atoms with Gasteiger partial charge < -0.3 is 4.74 Å². The molecule has 3 rings (SSSR count). The highest BCUT2D eigenvalue weighted by atomic mass is 35.5. The molecule has 24 heavy (non-hydrogen) atoms. The van der Waals surface area contributed by atoms with Crippen LogP contribution in [0.4, 0.5) is 8.78 Å². The minimum atomic E-state index is -1.27. The second-order valence-electron chi connectivity index (χ2n) is 4.89. The standard InChI is InChI=1S/C16H8ClF2NO4/c17-11-6-13(19)12(18)5-10(11)16(23)24-7-20-14(21)8-3-1-2-4-9(8)15(20)22/h1-6H,7H2. The van der Waals surface area contributed by atoms with E-state index < -0.39 is 41.7 Å². The lowest BCUT2D eigenvalue weighted by molar-refractivity contribution is 0.0228. The van der Waals surface area contributed by atoms with Crippen LogP contribution in [0.5, 0.6) is 0 Å². The second kappa shape index (κ2) is 6.01. The molecule has 2 aromatic carbocycles. The van der Waals surface area contributed by atoms with Crippen molar-refractivity contribution in [2.24, 2.45) is 0 Å². The van der Waals surface area contributed by atoms with Gasteiger partial charge in [0, 0.05) is 0 Å². The van der Waals surface area contributed by atoms with Crippen LogP contribution in [-0.4, -0.2) is 29.4 Å². The summed E-state index contributed by atoms with van der Waals surface area (Å²) in [4.78, 5) is 36.9. The first kappa shape index (κ1) is 16.1. The van der Waals surface area contributed by atoms with Gasteiger partial charge >= 0.3 is 5.97 Å². The van der Waals surface area contributed by atoms with Crippen LogP contribution >= 0.6 is 11.6 Å². The number of nitrogens with zero attached hydrogens (tertiary/aromatic N) is 1. The number of amides is 2. The van der Waals surface area contributed by atoms with Crippen molar-refractivity contribution in [3.63, 3.8) is 0 Å². The van der Waals surface area contributed by atoms with Crippen LogP contribution in [0.1, 0.15) is 31.1 Å². The Labute approximate surface area is 139 Å². The summed E-state index contributed by atoms with van der Waals surface area (Å²) in [7, 11) is 0. The van der Waals surface area contributed by atoms with Crippen LogP contribution in [0.25, 0.3) is 0 Å². The van der Waals surface area contributed by atoms with Gasteiger partial charge in [-0.25, -0.2) is 18.5 Å². The Hall–Kier alpha value is -2.80. The van der Waals surface area contributed by atoms with Crippen molar-refractivity contribution < 1.29 is 27.9 Å². The molecule has 0 aliphatic carbocycles. The van der Waals surface area contributed by atoms with Crippen LogP contribution in [0, 0.1) is 11.6 Å². The van der Waals surface area contributed by atoms with Crippen LogP contribution in [0.15, 0.2) is 36.4 Å². The number of carbonyl (C=O) groups excluding carboxylic acids is 3. The highest BCUT2D eigenvalue weighted by Gasteiger charge is 2.36. The third-order valence-corrected chi connectivity index (χ3v) is 3.75. The summed E-state index contributed by atoms with van der Waals surface area (Å²) < 4.78 is 31.0. The van der Waals surface area contributed by atoms with Crippen molar-refractivity contribution in [1.82, 2.24) is 4.90 Å². The Morgan fingerprint density at radius 1 is 1.04 bits per heavy atom. The molecule has 1 aliphatic rings. The fourth-order valence-electron chi connectivity index (χ4n) is 2.24. The minimum absolute atomic E-state index is 0.199. The number of benzene rings is 2. The van der Waals surface area contributed by atoms with Gasteiger partial charge in [0.15, 0.2) is 18.4 Å². The molecule has 0 N–H and O–H groups in total. The molecule has 0 spiro atoms. The molecular formula is C16H8ClF2NO4. The first-order valence-electron chi connectivity index (χ1n) is 6.67. The molecule has 0 saturated carbocycles. The van der Waals surface area contributed by atoms with E-state index in [-0.39, 0.29) is 16.1 Å². The van der Waals surface area contributed by atoms with E-state index in [1.165, 1.54) is 12.1 Å². The summed E-state index contributed by atoms with van der Waals surface area (Å²) >= 11 is 5.67. The topological polar surface area (TPSA) is 63.7 Å². The molecule has 8 heteroatoms. The lowest BCUT2D eigenvalue weighted by atomic mass is 10.1. The molecule has 2 amide bonds. The smallest absolute Gasteiger partial charge is 0.341 e. The first-order chi connectivity index (χ1) is 11.4. The summed E-state index contributed by atoms with van der Waals surface area (Å²) in [5.74, 6) is -4.79. The van der Waals surface area contributed by atoms with Crippen LogP contribution < -0.4 is 0 Å². The van der Waals surface area contributed by atoms with Gasteiger partial charge in [0.2, 0.25) is 0 Å². The van der Waals surface area contributed by atoms with Gasteiger partial charge in [-0.3, -0.25) is 9.59 Å². The lowest BCUT2D eigenvalue weighted by Crippen LogP contribution is -2.33. The van der Waals surface area contributed by atoms with E-state index in [1.807, 2.05) is 0 Å². The molecule has 0 aromatic heterocycles. The third kappa shape index (κ3) is 2.63. The minimum Gasteiger partial charge on any atom is -0.440 e. The van der Waals surface area contributed by atoms with Crippen LogP contribution in [0.2, 0.25) is 5.02 Å². The van der Waals surface area contributed by atoms with Crippen molar-refractivity contribution in [1.29, 1.82) is 0 Å². The molecule has 1 heterocycles. The molecule has 1 aliphatic heterocycles. The van der Waals surface area contributed by atoms with Gasteiger partial charge in [0.25, 0.3) is 11.8 Å². The molecule has 0 fully saturated rings. The summed E-state index contributed by atoms with van der Waals surface area (Å²) in [6, 6.07) is 7.37. The molecular weight excluding hydrogens is 344 g/mol. The van der Waals surface area contributed by atoms with E-state index in [4.69, 9.17) is 16.3 Å². The number of esters is 1. The summed E-state index contributed by atoms with van der Waals surface area (Å²) in [5.41, 5.74) is -0.0130. The maximum Gasteiger partial charge on any atom is 0.341 e. The molecule has 0 unspecified atom stereocenters. The molecule has 0 radical (unpaired) electrons. The Kier molecular flexibility index (Phi) is 4.02. The Bertz CT molecular complexity index is 849. The zero-order valence-electron chi connectivity index (χ0n) is 11.9. The fraction of sp³-hybridized carbons (Fsp3) is 0.0625. The second-order valence-corrected chi connectivity index (χ2v) is 5.30. The summed E-state index contributed by atoms with van der Waals surface area (Å²) in [6.07, 6.45) is 0. The summed E-state index contributed by atoms with van der Waals surface area (Å²) in [5, 5.41) is -0.346. The van der Waals surface area contributed by atoms with Crippen LogP contribution in [0.3, 0.4) is 0 Å². The van der Waals surface area contributed by atoms with Gasteiger partial charge in [-0.15, -0.1) is 0 Å². The average Bonchev–Trinajstić information content (AvgIpc) is 2.80. The number of fused-ring (bicyclic) bond motifs is 1. The largest absolute Gasteiger partial charge is 0.440 e. The van der Waals surface area contributed by atoms with Gasteiger partial charge in [-0.05, 0) is 24.3 Å². The zero-order valence-corrected chi connectivity index (χ0v) is 12.6. The van der Waals surface area contributed by atoms with E-state index in [0.29, 0.717) is 12.1 Å². The number of halogens is 3. The number of rotatable bonds is 3. The number of hydrogen-bond donors (Lipinski definition) is 0. The van der Waals surface area contributed by atoms with E-state index in [2.05, 4.69) is 0 Å². The SMILES string of the molecule is O=C(OCN1C(=O)c2ccccc2C1=O)c1cc(F)c(F)cc1Cl. The molecule has 2 aromatic rings. The highest BCUT2D eigenvalue weighted by Crippen LogP contribution is 2.24. The number of imide groups is 1. The number of carbonyl (C=O) groups is 3. The number of ether oxygens (including phenoxy) is 1. The van der Waals surface area contributed by atoms with Crippen molar-refractivity contribution in [3.8, 4) is 0 Å². The van der Waals surface area contributed by atoms with Crippen molar-refractivity contribution in [2.75, 3.05) is 6.73 Å². The van der Waals surface area contributed by atoms with Crippen molar-refractivity contribution >= 4 is 29.4 Å². The molecule has 5 nitrogen and oxygen atoms in total. The molecule has 0 bridgehead atoms. The maximum absolute atomic E-state index is 13.2. The number of hydrogen-bond acceptors (Lipinski definition) is 4. The average molecular weight is 352 g/mol. The zero-order chi connectivity index (χ0) is 17.4.